The summed E-state index contributed by atoms with van der Waals surface area (Å²) < 4.78 is 0. The molecule has 134 valence electrons. The van der Waals surface area contributed by atoms with E-state index in [2.05, 4.69) is 105 Å². The minimum atomic E-state index is -1.45. The molecular weight excluding hydrogens is 551 g/mol. The summed E-state index contributed by atoms with van der Waals surface area (Å²) in [5.74, 6) is 0. The van der Waals surface area contributed by atoms with Gasteiger partial charge in [-0.15, -0.1) is 0 Å². The van der Waals surface area contributed by atoms with Gasteiger partial charge in [-0.25, -0.2) is 0 Å². The Labute approximate surface area is 178 Å². The molecule has 0 radical (unpaired) electrons. The Morgan fingerprint density at radius 2 is 0.923 bits per heavy atom. The summed E-state index contributed by atoms with van der Waals surface area (Å²) in [6, 6.07) is 23.9. The molecule has 6 heteroatoms. The molecule has 0 aliphatic rings. The maximum Gasteiger partial charge on any atom is 0.488 e. The highest BCUT2D eigenvalue weighted by Gasteiger charge is 2.14. The van der Waals surface area contributed by atoms with E-state index in [1.54, 1.807) is 12.1 Å². The van der Waals surface area contributed by atoms with Gasteiger partial charge >= 0.3 is 7.12 Å². The molecule has 0 fully saturated rings. The monoisotopic (exact) mass is 571 g/mol. The molecular formula is C20H20BI2NO2. The Bertz CT molecular complexity index is 761. The summed E-state index contributed by atoms with van der Waals surface area (Å²) in [5, 5.41) is 18.6. The first-order valence-electron chi connectivity index (χ1n) is 8.08. The number of hydrogen-bond donors (Lipinski definition) is 2. The molecule has 2 N–H and O–H groups in total. The normalized spacial score (nSPS) is 9.92. The first-order chi connectivity index (χ1) is 12.5. The van der Waals surface area contributed by atoms with E-state index in [1.807, 2.05) is 12.1 Å². The van der Waals surface area contributed by atoms with Crippen molar-refractivity contribution in [3.8, 4) is 0 Å². The van der Waals surface area contributed by atoms with Crippen LogP contribution in [0.5, 0.6) is 0 Å². The van der Waals surface area contributed by atoms with Crippen LogP contribution in [0.4, 0.5) is 17.1 Å². The van der Waals surface area contributed by atoms with E-state index < -0.39 is 7.12 Å². The molecule has 3 aromatic carbocycles. The van der Waals surface area contributed by atoms with Crippen molar-refractivity contribution in [1.82, 2.24) is 0 Å². The number of benzene rings is 3. The van der Waals surface area contributed by atoms with Crippen molar-refractivity contribution in [2.24, 2.45) is 0 Å². The molecule has 3 aromatic rings. The second kappa shape index (κ2) is 10.3. The second-order valence-corrected chi connectivity index (χ2v) is 5.97. The largest absolute Gasteiger partial charge is 0.488 e. The van der Waals surface area contributed by atoms with Crippen molar-refractivity contribution >= 4 is 66.9 Å². The predicted molar refractivity (Wildman–Crippen MR) is 128 cm³/mol. The van der Waals surface area contributed by atoms with Crippen molar-refractivity contribution in [1.29, 1.82) is 0 Å². The quantitative estimate of drug-likeness (QED) is 0.334. The van der Waals surface area contributed by atoms with Gasteiger partial charge in [0, 0.05) is 54.3 Å². The van der Waals surface area contributed by atoms with Crippen molar-refractivity contribution < 1.29 is 10.0 Å². The van der Waals surface area contributed by atoms with Gasteiger partial charge in [-0.05, 0) is 55.7 Å². The number of aryl methyl sites for hydroxylation is 2. The van der Waals surface area contributed by atoms with Crippen molar-refractivity contribution in [3.05, 3.63) is 83.9 Å². The zero-order valence-corrected chi connectivity index (χ0v) is 18.9. The zero-order valence-electron chi connectivity index (χ0n) is 14.6. The van der Waals surface area contributed by atoms with E-state index in [9.17, 15) is 10.0 Å². The summed E-state index contributed by atoms with van der Waals surface area (Å²) in [4.78, 5) is 2.15. The average Bonchev–Trinajstić information content (AvgIpc) is 2.67. The molecule has 0 saturated carbocycles. The molecule has 0 heterocycles. The van der Waals surface area contributed by atoms with Crippen LogP contribution >= 0.6 is 37.2 Å². The number of halogens is 2. The third-order valence-electron chi connectivity index (χ3n) is 4.03. The Kier molecular flexibility index (Phi) is 8.40. The molecule has 0 spiro atoms. The maximum absolute atomic E-state index is 9.29. The third-order valence-corrected chi connectivity index (χ3v) is 4.03. The van der Waals surface area contributed by atoms with E-state index in [1.165, 1.54) is 11.1 Å². The Balaban J connectivity index is 0.00000117. The highest BCUT2D eigenvalue weighted by atomic mass is 128. The predicted octanol–water partition coefficient (Wildman–Crippen LogP) is 5.22. The van der Waals surface area contributed by atoms with Gasteiger partial charge in [-0.1, -0.05) is 47.5 Å². The van der Waals surface area contributed by atoms with Gasteiger partial charge < -0.3 is 14.9 Å². The van der Waals surface area contributed by atoms with Gasteiger partial charge in [-0.2, -0.15) is 0 Å². The summed E-state index contributed by atoms with van der Waals surface area (Å²) in [5.41, 5.74) is 5.98. The van der Waals surface area contributed by atoms with Crippen LogP contribution < -0.4 is 10.4 Å². The SMILES string of the molecule is Cc1ccc(N(c2ccc(C)cc2)c2ccc(B(O)O)cc2)cc1.II. The summed E-state index contributed by atoms with van der Waals surface area (Å²) >= 11 is 4.24. The lowest BCUT2D eigenvalue weighted by Crippen LogP contribution is -2.29. The number of nitrogens with zero attached hydrogens (tertiary/aromatic N) is 1. The van der Waals surface area contributed by atoms with Crippen molar-refractivity contribution in [3.63, 3.8) is 0 Å². The van der Waals surface area contributed by atoms with E-state index in [-0.39, 0.29) is 0 Å². The van der Waals surface area contributed by atoms with Crippen LogP contribution in [-0.2, 0) is 0 Å². The Morgan fingerprint density at radius 1 is 0.615 bits per heavy atom. The molecule has 0 unspecified atom stereocenters. The zero-order chi connectivity index (χ0) is 19.1. The van der Waals surface area contributed by atoms with Crippen LogP contribution in [0.15, 0.2) is 72.8 Å². The number of hydrogen-bond acceptors (Lipinski definition) is 3. The first kappa shape index (κ1) is 21.2. The van der Waals surface area contributed by atoms with Crippen LogP contribution in [0.25, 0.3) is 0 Å². The van der Waals surface area contributed by atoms with Gasteiger partial charge in [0.05, 0.1) is 0 Å². The molecule has 0 aliphatic heterocycles. The second-order valence-electron chi connectivity index (χ2n) is 5.97. The fourth-order valence-corrected chi connectivity index (χ4v) is 2.63. The first-order valence-corrected chi connectivity index (χ1v) is 14.4. The molecule has 3 rings (SSSR count). The molecule has 0 atom stereocenters. The standard InChI is InChI=1S/C20H20BNO2.I2/c1-15-3-9-18(10-4-15)22(19-11-5-16(2)6-12-19)20-13-7-17(8-14-20)21(23)24;1-2/h3-14,23-24H,1-2H3;. The summed E-state index contributed by atoms with van der Waals surface area (Å²) in [6.45, 7) is 4.13. The fourth-order valence-electron chi connectivity index (χ4n) is 2.63. The Morgan fingerprint density at radius 3 is 1.23 bits per heavy atom. The van der Waals surface area contributed by atoms with Gasteiger partial charge in [0.15, 0.2) is 0 Å². The number of rotatable bonds is 4. The highest BCUT2D eigenvalue weighted by molar-refractivity contribution is 15.0. The molecule has 26 heavy (non-hydrogen) atoms. The number of anilines is 3. The van der Waals surface area contributed by atoms with E-state index >= 15 is 0 Å². The van der Waals surface area contributed by atoms with E-state index in [0.717, 1.165) is 17.1 Å². The van der Waals surface area contributed by atoms with Crippen molar-refractivity contribution in [2.45, 2.75) is 13.8 Å². The average molecular weight is 571 g/mol. The molecule has 3 nitrogen and oxygen atoms in total. The van der Waals surface area contributed by atoms with Crippen LogP contribution in [-0.4, -0.2) is 17.2 Å². The smallest absolute Gasteiger partial charge is 0.423 e. The minimum absolute atomic E-state index is 0.478. The van der Waals surface area contributed by atoms with Crippen LogP contribution in [0, 0.1) is 13.8 Å². The van der Waals surface area contributed by atoms with E-state index in [0.29, 0.717) is 5.46 Å². The lowest BCUT2D eigenvalue weighted by molar-refractivity contribution is 0.426. The highest BCUT2D eigenvalue weighted by Crippen LogP contribution is 2.34. The van der Waals surface area contributed by atoms with Gasteiger partial charge in [0.25, 0.3) is 0 Å². The molecule has 0 bridgehead atoms. The molecule has 0 amide bonds. The van der Waals surface area contributed by atoms with E-state index in [4.69, 9.17) is 0 Å². The van der Waals surface area contributed by atoms with Crippen LogP contribution in [0.1, 0.15) is 11.1 Å². The van der Waals surface area contributed by atoms with Gasteiger partial charge in [-0.3, -0.25) is 0 Å². The van der Waals surface area contributed by atoms with Crippen LogP contribution in [0.3, 0.4) is 0 Å². The molecule has 0 aliphatic carbocycles. The maximum atomic E-state index is 9.29. The summed E-state index contributed by atoms with van der Waals surface area (Å²) in [7, 11) is -1.45. The lowest BCUT2D eigenvalue weighted by atomic mass is 9.80. The summed E-state index contributed by atoms with van der Waals surface area (Å²) in [6.07, 6.45) is 0. The Hall–Kier alpha value is -1.10. The molecule has 0 aromatic heterocycles. The molecule has 0 saturated heterocycles. The van der Waals surface area contributed by atoms with Gasteiger partial charge in [0.1, 0.15) is 0 Å². The lowest BCUT2D eigenvalue weighted by Gasteiger charge is -2.26. The third kappa shape index (κ3) is 5.45. The van der Waals surface area contributed by atoms with Gasteiger partial charge in [0.2, 0.25) is 0 Å². The van der Waals surface area contributed by atoms with Crippen molar-refractivity contribution in [2.75, 3.05) is 4.90 Å². The topological polar surface area (TPSA) is 43.7 Å². The minimum Gasteiger partial charge on any atom is -0.423 e. The van der Waals surface area contributed by atoms with Crippen LogP contribution in [0.2, 0.25) is 0 Å². The fraction of sp³-hybridized carbons (Fsp3) is 0.100.